The fourth-order valence-electron chi connectivity index (χ4n) is 2.73. The zero-order valence-electron chi connectivity index (χ0n) is 16.5. The summed E-state index contributed by atoms with van der Waals surface area (Å²) in [7, 11) is 0. The van der Waals surface area contributed by atoms with Crippen molar-refractivity contribution in [3.63, 3.8) is 0 Å². The minimum Gasteiger partial charge on any atom is -0.481 e. The molecule has 0 aromatic heterocycles. The van der Waals surface area contributed by atoms with E-state index in [4.69, 9.17) is 10.00 Å². The normalized spacial score (nSPS) is 15.6. The Balaban J connectivity index is 1.52. The summed E-state index contributed by atoms with van der Waals surface area (Å²) in [5.74, 6) is -1.00. The summed E-state index contributed by atoms with van der Waals surface area (Å²) >= 11 is 0.727. The molecule has 1 unspecified atom stereocenters. The molecule has 3 rings (SSSR count). The monoisotopic (exact) mass is 439 g/mol. The number of imide groups is 1. The van der Waals surface area contributed by atoms with Crippen molar-refractivity contribution < 1.29 is 23.5 Å². The van der Waals surface area contributed by atoms with E-state index in [1.54, 1.807) is 37.3 Å². The Morgan fingerprint density at radius 3 is 2.65 bits per heavy atom. The molecule has 0 bridgehead atoms. The minimum atomic E-state index is -0.816. The highest BCUT2D eigenvalue weighted by Gasteiger charge is 2.35. The van der Waals surface area contributed by atoms with Gasteiger partial charge in [0.1, 0.15) is 11.6 Å². The number of ether oxygens (including phenoxy) is 1. The molecule has 3 amide bonds. The van der Waals surface area contributed by atoms with Gasteiger partial charge < -0.3 is 10.1 Å². The first kappa shape index (κ1) is 22.1. The SMILES string of the molecule is CC(Oc1ccc(C#N)cc1)C(=O)NCCN1C(=O)S/C(=C\c2ccccc2F)C1=O. The number of nitriles is 1. The van der Waals surface area contributed by atoms with Gasteiger partial charge in [0.15, 0.2) is 6.10 Å². The molecule has 7 nitrogen and oxygen atoms in total. The Morgan fingerprint density at radius 2 is 1.97 bits per heavy atom. The van der Waals surface area contributed by atoms with Crippen LogP contribution < -0.4 is 10.1 Å². The van der Waals surface area contributed by atoms with Gasteiger partial charge in [-0.2, -0.15) is 5.26 Å². The number of halogens is 1. The van der Waals surface area contributed by atoms with Crippen LogP contribution in [0.1, 0.15) is 18.1 Å². The summed E-state index contributed by atoms with van der Waals surface area (Å²) < 4.78 is 19.3. The highest BCUT2D eigenvalue weighted by Crippen LogP contribution is 2.32. The first-order chi connectivity index (χ1) is 14.9. The molecule has 1 heterocycles. The van der Waals surface area contributed by atoms with Crippen molar-refractivity contribution in [3.8, 4) is 11.8 Å². The lowest BCUT2D eigenvalue weighted by Crippen LogP contribution is -2.41. The lowest BCUT2D eigenvalue weighted by atomic mass is 10.2. The summed E-state index contributed by atoms with van der Waals surface area (Å²) in [6.45, 7) is 1.59. The molecule has 0 saturated carbocycles. The van der Waals surface area contributed by atoms with Crippen molar-refractivity contribution in [1.29, 1.82) is 5.26 Å². The molecule has 2 aromatic rings. The maximum Gasteiger partial charge on any atom is 0.293 e. The Kier molecular flexibility index (Phi) is 7.05. The summed E-state index contributed by atoms with van der Waals surface area (Å²) in [5, 5.41) is 10.9. The summed E-state index contributed by atoms with van der Waals surface area (Å²) in [6, 6.07) is 14.3. The van der Waals surface area contributed by atoms with Crippen LogP contribution in [-0.2, 0) is 9.59 Å². The van der Waals surface area contributed by atoms with Crippen LogP contribution in [0.15, 0.2) is 53.4 Å². The molecule has 0 spiro atoms. The van der Waals surface area contributed by atoms with Crippen LogP contribution in [-0.4, -0.2) is 41.1 Å². The van der Waals surface area contributed by atoms with E-state index in [0.29, 0.717) is 11.3 Å². The van der Waals surface area contributed by atoms with Crippen molar-refractivity contribution in [2.24, 2.45) is 0 Å². The highest BCUT2D eigenvalue weighted by atomic mass is 32.2. The zero-order valence-corrected chi connectivity index (χ0v) is 17.3. The summed E-state index contributed by atoms with van der Waals surface area (Å²) in [6.07, 6.45) is 0.524. The predicted molar refractivity (Wildman–Crippen MR) is 113 cm³/mol. The fourth-order valence-corrected chi connectivity index (χ4v) is 3.58. The Labute approximate surface area is 182 Å². The number of carbonyl (C=O) groups excluding carboxylic acids is 3. The summed E-state index contributed by atoms with van der Waals surface area (Å²) in [4.78, 5) is 38.0. The van der Waals surface area contributed by atoms with Gasteiger partial charge in [-0.3, -0.25) is 19.3 Å². The van der Waals surface area contributed by atoms with E-state index >= 15 is 0 Å². The number of rotatable bonds is 7. The zero-order chi connectivity index (χ0) is 22.4. The van der Waals surface area contributed by atoms with Crippen molar-refractivity contribution in [1.82, 2.24) is 10.2 Å². The first-order valence-corrected chi connectivity index (χ1v) is 10.1. The molecule has 2 aromatic carbocycles. The second-order valence-corrected chi connectivity index (χ2v) is 7.54. The third-order valence-corrected chi connectivity index (χ3v) is 5.27. The van der Waals surface area contributed by atoms with Gasteiger partial charge in [0, 0.05) is 18.7 Å². The van der Waals surface area contributed by atoms with Crippen LogP contribution in [0.3, 0.4) is 0 Å². The molecule has 1 aliphatic heterocycles. The van der Waals surface area contributed by atoms with Gasteiger partial charge in [-0.25, -0.2) is 4.39 Å². The van der Waals surface area contributed by atoms with Crippen LogP contribution in [0, 0.1) is 17.1 Å². The quantitative estimate of drug-likeness (QED) is 0.665. The third kappa shape index (κ3) is 5.49. The molecular weight excluding hydrogens is 421 g/mol. The molecule has 1 saturated heterocycles. The van der Waals surface area contributed by atoms with Crippen molar-refractivity contribution >= 4 is 34.9 Å². The molecule has 9 heteroatoms. The number of carbonyl (C=O) groups is 3. The second-order valence-electron chi connectivity index (χ2n) is 6.54. The van der Waals surface area contributed by atoms with E-state index < -0.39 is 29.0 Å². The standard InChI is InChI=1S/C22H18FN3O4S/c1-14(30-17-8-6-15(13-24)7-9-17)20(27)25-10-11-26-21(28)19(31-22(26)29)12-16-4-2-3-5-18(16)23/h2-9,12,14H,10-11H2,1H3,(H,25,27)/b19-12-. The smallest absolute Gasteiger partial charge is 0.293 e. The summed E-state index contributed by atoms with van der Waals surface area (Å²) in [5.41, 5.74) is 0.695. The van der Waals surface area contributed by atoms with Gasteiger partial charge in [-0.1, -0.05) is 18.2 Å². The lowest BCUT2D eigenvalue weighted by Gasteiger charge is -2.16. The van der Waals surface area contributed by atoms with E-state index in [1.165, 1.54) is 24.3 Å². The molecule has 1 fully saturated rings. The first-order valence-electron chi connectivity index (χ1n) is 9.33. The van der Waals surface area contributed by atoms with E-state index in [-0.39, 0.29) is 23.6 Å². The van der Waals surface area contributed by atoms with E-state index in [0.717, 1.165) is 16.7 Å². The Morgan fingerprint density at radius 1 is 1.26 bits per heavy atom. The Hall–Kier alpha value is -3.64. The molecule has 31 heavy (non-hydrogen) atoms. The number of nitrogens with one attached hydrogen (secondary N) is 1. The minimum absolute atomic E-state index is 0.0192. The highest BCUT2D eigenvalue weighted by molar-refractivity contribution is 8.18. The van der Waals surface area contributed by atoms with Crippen LogP contribution in [0.25, 0.3) is 6.08 Å². The lowest BCUT2D eigenvalue weighted by molar-refractivity contribution is -0.128. The average molecular weight is 439 g/mol. The van der Waals surface area contributed by atoms with Gasteiger partial charge in [-0.05, 0) is 55.1 Å². The van der Waals surface area contributed by atoms with Crippen LogP contribution in [0.4, 0.5) is 9.18 Å². The van der Waals surface area contributed by atoms with E-state index in [1.807, 2.05) is 6.07 Å². The van der Waals surface area contributed by atoms with Gasteiger partial charge in [0.25, 0.3) is 17.1 Å². The maximum atomic E-state index is 13.8. The average Bonchev–Trinajstić information content (AvgIpc) is 3.03. The molecule has 1 atom stereocenters. The van der Waals surface area contributed by atoms with E-state index in [9.17, 15) is 18.8 Å². The van der Waals surface area contributed by atoms with Gasteiger partial charge >= 0.3 is 0 Å². The second kappa shape index (κ2) is 9.91. The Bertz CT molecular complexity index is 1080. The number of hydrogen-bond acceptors (Lipinski definition) is 6. The molecule has 0 aliphatic carbocycles. The van der Waals surface area contributed by atoms with Crippen molar-refractivity contribution in [2.75, 3.05) is 13.1 Å². The maximum absolute atomic E-state index is 13.8. The number of benzene rings is 2. The molecule has 1 N–H and O–H groups in total. The molecule has 1 aliphatic rings. The topological polar surface area (TPSA) is 99.5 Å². The third-order valence-electron chi connectivity index (χ3n) is 4.37. The van der Waals surface area contributed by atoms with Gasteiger partial charge in [-0.15, -0.1) is 0 Å². The largest absolute Gasteiger partial charge is 0.481 e. The molecular formula is C22H18FN3O4S. The van der Waals surface area contributed by atoms with Crippen LogP contribution >= 0.6 is 11.8 Å². The number of amides is 3. The predicted octanol–water partition coefficient (Wildman–Crippen LogP) is 3.32. The molecule has 0 radical (unpaired) electrons. The van der Waals surface area contributed by atoms with Crippen LogP contribution in [0.2, 0.25) is 0 Å². The van der Waals surface area contributed by atoms with E-state index in [2.05, 4.69) is 5.32 Å². The van der Waals surface area contributed by atoms with Gasteiger partial charge in [0.05, 0.1) is 16.5 Å². The van der Waals surface area contributed by atoms with Crippen molar-refractivity contribution in [3.05, 3.63) is 70.4 Å². The number of thioether (sulfide) groups is 1. The van der Waals surface area contributed by atoms with Gasteiger partial charge in [0.2, 0.25) is 0 Å². The fraction of sp³-hybridized carbons (Fsp3) is 0.182. The number of hydrogen-bond donors (Lipinski definition) is 1. The van der Waals surface area contributed by atoms with Crippen LogP contribution in [0.5, 0.6) is 5.75 Å². The number of nitrogens with zero attached hydrogens (tertiary/aromatic N) is 2. The van der Waals surface area contributed by atoms with Crippen molar-refractivity contribution in [2.45, 2.75) is 13.0 Å². The molecule has 158 valence electrons.